The van der Waals surface area contributed by atoms with E-state index in [4.69, 9.17) is 4.74 Å². The number of likely N-dealkylation sites (tertiary alicyclic amines) is 1. The van der Waals surface area contributed by atoms with Gasteiger partial charge in [0.25, 0.3) is 0 Å². The highest BCUT2D eigenvalue weighted by molar-refractivity contribution is 5.87. The quantitative estimate of drug-likeness (QED) is 0.671. The van der Waals surface area contributed by atoms with E-state index in [0.717, 1.165) is 37.4 Å². The van der Waals surface area contributed by atoms with Crippen LogP contribution in [0.4, 0.5) is 0 Å². The van der Waals surface area contributed by atoms with Crippen LogP contribution in [-0.2, 0) is 13.2 Å². The monoisotopic (exact) mass is 412 g/mol. The second kappa shape index (κ2) is 8.36. The zero-order valence-corrected chi connectivity index (χ0v) is 17.3. The summed E-state index contributed by atoms with van der Waals surface area (Å²) in [4.78, 5) is 17.8. The normalized spacial score (nSPS) is 16.1. The molecular formula is C26H24N2O3. The number of pyridine rings is 1. The number of nitrogens with zero attached hydrogens (tertiary/aromatic N) is 2. The Balaban J connectivity index is 1.42. The summed E-state index contributed by atoms with van der Waals surface area (Å²) in [5.41, 5.74) is 7.33. The lowest BCUT2D eigenvalue weighted by Gasteiger charge is -2.30. The van der Waals surface area contributed by atoms with Crippen molar-refractivity contribution in [1.29, 1.82) is 0 Å². The van der Waals surface area contributed by atoms with Gasteiger partial charge >= 0.3 is 5.97 Å². The number of aromatic nitrogens is 1. The van der Waals surface area contributed by atoms with Crippen molar-refractivity contribution in [3.05, 3.63) is 100 Å². The zero-order chi connectivity index (χ0) is 21.2. The van der Waals surface area contributed by atoms with Gasteiger partial charge in [-0.2, -0.15) is 0 Å². The molecule has 1 N–H and O–H groups in total. The summed E-state index contributed by atoms with van der Waals surface area (Å²) in [6.45, 7) is 3.09. The van der Waals surface area contributed by atoms with Gasteiger partial charge in [0.05, 0.1) is 5.69 Å². The number of para-hydroxylation sites is 1. The van der Waals surface area contributed by atoms with Crippen molar-refractivity contribution in [3.8, 4) is 5.75 Å². The number of hydrogen-bond acceptors (Lipinski definition) is 4. The topological polar surface area (TPSA) is 62.7 Å². The molecule has 0 spiro atoms. The molecule has 5 rings (SSSR count). The van der Waals surface area contributed by atoms with Crippen LogP contribution in [-0.4, -0.2) is 34.0 Å². The molecule has 0 radical (unpaired) electrons. The second-order valence-corrected chi connectivity index (χ2v) is 8.02. The molecule has 0 unspecified atom stereocenters. The Morgan fingerprint density at radius 2 is 1.68 bits per heavy atom. The van der Waals surface area contributed by atoms with E-state index >= 15 is 0 Å². The van der Waals surface area contributed by atoms with Crippen LogP contribution in [0.15, 0.2) is 72.3 Å². The van der Waals surface area contributed by atoms with Gasteiger partial charge in [-0.25, -0.2) is 9.78 Å². The van der Waals surface area contributed by atoms with Crippen LogP contribution >= 0.6 is 0 Å². The van der Waals surface area contributed by atoms with Crippen LogP contribution in [0.1, 0.15) is 45.7 Å². The van der Waals surface area contributed by atoms with Crippen molar-refractivity contribution >= 4 is 11.5 Å². The first-order chi connectivity index (χ1) is 15.2. The van der Waals surface area contributed by atoms with Gasteiger partial charge in [0.15, 0.2) is 0 Å². The van der Waals surface area contributed by atoms with Gasteiger partial charge in [0, 0.05) is 25.2 Å². The highest BCUT2D eigenvalue weighted by Crippen LogP contribution is 2.40. The number of ether oxygens (including phenoxy) is 1. The van der Waals surface area contributed by atoms with E-state index in [-0.39, 0.29) is 5.69 Å². The molecule has 0 saturated carbocycles. The van der Waals surface area contributed by atoms with E-state index in [1.165, 1.54) is 33.9 Å². The number of rotatable bonds is 3. The predicted octanol–water partition coefficient (Wildman–Crippen LogP) is 4.77. The number of benzene rings is 2. The molecule has 5 nitrogen and oxygen atoms in total. The molecule has 1 aromatic heterocycles. The Labute approximate surface area is 181 Å². The van der Waals surface area contributed by atoms with E-state index in [2.05, 4.69) is 52.3 Å². The number of carboxylic acid groups (broad SMARTS) is 1. The fourth-order valence-corrected chi connectivity index (χ4v) is 4.52. The first-order valence-electron chi connectivity index (χ1n) is 10.6. The molecule has 0 atom stereocenters. The highest BCUT2D eigenvalue weighted by atomic mass is 16.5. The predicted molar refractivity (Wildman–Crippen MR) is 119 cm³/mol. The van der Waals surface area contributed by atoms with E-state index in [0.29, 0.717) is 13.2 Å². The summed E-state index contributed by atoms with van der Waals surface area (Å²) >= 11 is 0. The SMILES string of the molecule is O=C(O)c1cccc(CN2CCC(=C3c4ccccc4COc4ccccc43)CC2)n1. The lowest BCUT2D eigenvalue weighted by atomic mass is 9.86. The fourth-order valence-electron chi connectivity index (χ4n) is 4.52. The summed E-state index contributed by atoms with van der Waals surface area (Å²) < 4.78 is 6.13. The van der Waals surface area contributed by atoms with E-state index < -0.39 is 5.97 Å². The molecule has 5 heteroatoms. The molecular weight excluding hydrogens is 388 g/mol. The maximum atomic E-state index is 11.2. The summed E-state index contributed by atoms with van der Waals surface area (Å²) in [5.74, 6) is -0.0428. The van der Waals surface area contributed by atoms with Crippen molar-refractivity contribution in [3.63, 3.8) is 0 Å². The van der Waals surface area contributed by atoms with Crippen LogP contribution in [0.3, 0.4) is 0 Å². The van der Waals surface area contributed by atoms with Crippen molar-refractivity contribution in [1.82, 2.24) is 9.88 Å². The molecule has 3 aromatic rings. The molecule has 2 aliphatic heterocycles. The van der Waals surface area contributed by atoms with Crippen molar-refractivity contribution in [2.75, 3.05) is 13.1 Å². The van der Waals surface area contributed by atoms with Crippen molar-refractivity contribution in [2.24, 2.45) is 0 Å². The maximum Gasteiger partial charge on any atom is 0.354 e. The fraction of sp³-hybridized carbons (Fsp3) is 0.231. The van der Waals surface area contributed by atoms with Crippen LogP contribution in [0.25, 0.3) is 5.57 Å². The summed E-state index contributed by atoms with van der Waals surface area (Å²) in [5, 5.41) is 9.18. The average Bonchev–Trinajstić information content (AvgIpc) is 2.97. The molecule has 3 heterocycles. The minimum atomic E-state index is -0.986. The van der Waals surface area contributed by atoms with E-state index in [1.807, 2.05) is 12.1 Å². The molecule has 1 fully saturated rings. The number of carbonyl (C=O) groups is 1. The second-order valence-electron chi connectivity index (χ2n) is 8.02. The van der Waals surface area contributed by atoms with Crippen molar-refractivity contribution < 1.29 is 14.6 Å². The molecule has 2 aromatic carbocycles. The Kier molecular flexibility index (Phi) is 5.26. The summed E-state index contributed by atoms with van der Waals surface area (Å²) in [6, 6.07) is 22.0. The number of aromatic carboxylic acids is 1. The Bertz CT molecular complexity index is 1110. The summed E-state index contributed by atoms with van der Waals surface area (Å²) in [6.07, 6.45) is 1.94. The van der Waals surface area contributed by atoms with E-state index in [9.17, 15) is 9.90 Å². The molecule has 2 aliphatic rings. The molecule has 156 valence electrons. The van der Waals surface area contributed by atoms with Crippen LogP contribution in [0.5, 0.6) is 5.75 Å². The molecule has 0 amide bonds. The minimum absolute atomic E-state index is 0.101. The van der Waals surface area contributed by atoms with Crippen LogP contribution in [0.2, 0.25) is 0 Å². The van der Waals surface area contributed by atoms with Gasteiger partial charge in [0.2, 0.25) is 0 Å². The lowest BCUT2D eigenvalue weighted by molar-refractivity contribution is 0.0690. The highest BCUT2D eigenvalue weighted by Gasteiger charge is 2.24. The van der Waals surface area contributed by atoms with Gasteiger partial charge < -0.3 is 9.84 Å². The van der Waals surface area contributed by atoms with Gasteiger partial charge in [-0.15, -0.1) is 0 Å². The standard InChI is InChI=1S/C26H24N2O3/c29-26(30)23-10-5-7-20(27-23)16-28-14-12-18(13-15-28)25-21-8-2-1-6-19(21)17-31-24-11-4-3-9-22(24)25/h1-11H,12-17H2,(H,29,30). The first-order valence-corrected chi connectivity index (χ1v) is 10.6. The number of piperidine rings is 1. The zero-order valence-electron chi connectivity index (χ0n) is 17.3. The minimum Gasteiger partial charge on any atom is -0.488 e. The molecule has 31 heavy (non-hydrogen) atoms. The lowest BCUT2D eigenvalue weighted by Crippen LogP contribution is -2.31. The number of hydrogen-bond donors (Lipinski definition) is 1. The Morgan fingerprint density at radius 1 is 0.935 bits per heavy atom. The van der Waals surface area contributed by atoms with Gasteiger partial charge in [-0.1, -0.05) is 54.1 Å². The molecule has 0 bridgehead atoms. The Morgan fingerprint density at radius 3 is 2.48 bits per heavy atom. The Hall–Kier alpha value is -3.44. The largest absolute Gasteiger partial charge is 0.488 e. The molecule has 0 aliphatic carbocycles. The molecule has 1 saturated heterocycles. The third-order valence-corrected chi connectivity index (χ3v) is 6.05. The van der Waals surface area contributed by atoms with Crippen LogP contribution < -0.4 is 4.74 Å². The van der Waals surface area contributed by atoms with Crippen LogP contribution in [0, 0.1) is 0 Å². The smallest absolute Gasteiger partial charge is 0.354 e. The van der Waals surface area contributed by atoms with Gasteiger partial charge in [-0.05, 0) is 47.7 Å². The number of fused-ring (bicyclic) bond motifs is 2. The third-order valence-electron chi connectivity index (χ3n) is 6.05. The third kappa shape index (κ3) is 3.97. The van der Waals surface area contributed by atoms with Crippen molar-refractivity contribution in [2.45, 2.75) is 26.0 Å². The number of carboxylic acids is 1. The van der Waals surface area contributed by atoms with E-state index in [1.54, 1.807) is 6.07 Å². The summed E-state index contributed by atoms with van der Waals surface area (Å²) in [7, 11) is 0. The first kappa shape index (κ1) is 19.5. The average molecular weight is 412 g/mol. The van der Waals surface area contributed by atoms with Gasteiger partial charge in [0.1, 0.15) is 18.1 Å². The maximum absolute atomic E-state index is 11.2. The van der Waals surface area contributed by atoms with Gasteiger partial charge in [-0.3, -0.25) is 4.90 Å².